The van der Waals surface area contributed by atoms with E-state index in [-0.39, 0.29) is 6.23 Å². The Morgan fingerprint density at radius 1 is 1.18 bits per heavy atom. The third-order valence-corrected chi connectivity index (χ3v) is 6.54. The molecule has 1 atom stereocenters. The molecule has 1 saturated carbocycles. The molecule has 0 amide bonds. The molecule has 2 fully saturated rings. The Morgan fingerprint density at radius 2 is 2.09 bits per heavy atom. The second kappa shape index (κ2) is 8.15. The highest BCUT2D eigenvalue weighted by Gasteiger charge is 2.26. The summed E-state index contributed by atoms with van der Waals surface area (Å²) >= 11 is 0. The molecule has 4 aromatic rings. The Morgan fingerprint density at radius 3 is 2.88 bits per heavy atom. The minimum Gasteiger partial charge on any atom is -0.383 e. The molecule has 0 radical (unpaired) electrons. The zero-order chi connectivity index (χ0) is 22.4. The van der Waals surface area contributed by atoms with Crippen LogP contribution < -0.4 is 11.1 Å². The van der Waals surface area contributed by atoms with E-state index in [0.717, 1.165) is 53.0 Å². The van der Waals surface area contributed by atoms with E-state index in [0.29, 0.717) is 24.2 Å². The molecular formula is C24H28N8O. The van der Waals surface area contributed by atoms with Crippen molar-refractivity contribution in [3.8, 4) is 11.3 Å². The van der Waals surface area contributed by atoms with Gasteiger partial charge < -0.3 is 20.4 Å². The fourth-order valence-electron chi connectivity index (χ4n) is 4.60. The number of aromatic amines is 1. The predicted molar refractivity (Wildman–Crippen MR) is 127 cm³/mol. The van der Waals surface area contributed by atoms with E-state index in [1.165, 1.54) is 25.0 Å². The summed E-state index contributed by atoms with van der Waals surface area (Å²) in [4.78, 5) is 13.7. The van der Waals surface area contributed by atoms with E-state index in [1.54, 1.807) is 0 Å². The number of nitrogens with two attached hydrogens (primary N) is 1. The number of nitrogen functional groups attached to an aromatic ring is 1. The highest BCUT2D eigenvalue weighted by Crippen LogP contribution is 2.40. The molecule has 4 N–H and O–H groups in total. The monoisotopic (exact) mass is 444 g/mol. The Bertz CT molecular complexity index is 1280. The number of fused-ring (bicyclic) bond motifs is 1. The van der Waals surface area contributed by atoms with Crippen LogP contribution in [0.25, 0.3) is 22.3 Å². The average molecular weight is 445 g/mol. The van der Waals surface area contributed by atoms with Crippen LogP contribution in [0.3, 0.4) is 0 Å². The van der Waals surface area contributed by atoms with Crippen LogP contribution in [-0.4, -0.2) is 36.3 Å². The van der Waals surface area contributed by atoms with E-state index >= 15 is 0 Å². The van der Waals surface area contributed by atoms with Gasteiger partial charge in [0.1, 0.15) is 12.0 Å². The van der Waals surface area contributed by atoms with Crippen molar-refractivity contribution in [2.45, 2.75) is 57.7 Å². The van der Waals surface area contributed by atoms with E-state index in [2.05, 4.69) is 59.3 Å². The summed E-state index contributed by atoms with van der Waals surface area (Å²) < 4.78 is 8.06. The number of hydrogen-bond acceptors (Lipinski definition) is 7. The Balaban J connectivity index is 1.18. The van der Waals surface area contributed by atoms with Crippen molar-refractivity contribution >= 4 is 22.8 Å². The molecule has 33 heavy (non-hydrogen) atoms. The molecule has 1 saturated heterocycles. The number of hydrogen-bond donors (Lipinski definition) is 3. The third kappa shape index (κ3) is 3.93. The van der Waals surface area contributed by atoms with Gasteiger partial charge in [-0.2, -0.15) is 10.1 Å². The van der Waals surface area contributed by atoms with Crippen molar-refractivity contribution < 1.29 is 4.74 Å². The highest BCUT2D eigenvalue weighted by molar-refractivity contribution is 5.76. The van der Waals surface area contributed by atoms with Gasteiger partial charge in [-0.1, -0.05) is 6.07 Å². The standard InChI is InChI=1S/C24H28N8O/c1-14-22(19-11-17(30-31-19)16-6-7-16)23(25)29-24(28-14)26-12-15-5-8-20-18(10-15)27-13-32(20)21-4-2-3-9-33-21/h5,8,10-11,13,16,21H,2-4,6-7,9,12H2,1H3,(H,30,31)(H3,25,26,28,29). The summed E-state index contributed by atoms with van der Waals surface area (Å²) in [6.07, 6.45) is 7.76. The Kier molecular flexibility index (Phi) is 4.98. The smallest absolute Gasteiger partial charge is 0.225 e. The molecule has 9 nitrogen and oxygen atoms in total. The van der Waals surface area contributed by atoms with Crippen molar-refractivity contribution in [1.29, 1.82) is 0 Å². The summed E-state index contributed by atoms with van der Waals surface area (Å²) in [6, 6.07) is 8.37. The Labute approximate surface area is 191 Å². The van der Waals surface area contributed by atoms with Crippen molar-refractivity contribution in [2.75, 3.05) is 17.7 Å². The lowest BCUT2D eigenvalue weighted by atomic mass is 10.1. The minimum atomic E-state index is 0.0838. The average Bonchev–Trinajstić information content (AvgIpc) is 3.41. The fraction of sp³-hybridized carbons (Fsp3) is 0.417. The molecule has 1 aromatic carbocycles. The van der Waals surface area contributed by atoms with Crippen LogP contribution in [0.1, 0.15) is 61.2 Å². The van der Waals surface area contributed by atoms with Gasteiger partial charge in [-0.3, -0.25) is 5.10 Å². The molecule has 170 valence electrons. The first-order valence-electron chi connectivity index (χ1n) is 11.7. The quantitative estimate of drug-likeness (QED) is 0.406. The molecule has 0 bridgehead atoms. The predicted octanol–water partition coefficient (Wildman–Crippen LogP) is 4.30. The van der Waals surface area contributed by atoms with Crippen LogP contribution in [-0.2, 0) is 11.3 Å². The van der Waals surface area contributed by atoms with Gasteiger partial charge in [-0.25, -0.2) is 9.97 Å². The number of benzene rings is 1. The maximum absolute atomic E-state index is 6.30. The van der Waals surface area contributed by atoms with E-state index in [4.69, 9.17) is 10.5 Å². The van der Waals surface area contributed by atoms with Crippen molar-refractivity contribution in [3.05, 3.63) is 47.5 Å². The summed E-state index contributed by atoms with van der Waals surface area (Å²) in [5, 5.41) is 10.9. The summed E-state index contributed by atoms with van der Waals surface area (Å²) in [5.74, 6) is 1.54. The maximum atomic E-state index is 6.30. The second-order valence-corrected chi connectivity index (χ2v) is 9.03. The lowest BCUT2D eigenvalue weighted by molar-refractivity contribution is -0.0295. The van der Waals surface area contributed by atoms with Crippen LogP contribution in [0, 0.1) is 6.92 Å². The molecular weight excluding hydrogens is 416 g/mol. The van der Waals surface area contributed by atoms with Crippen molar-refractivity contribution in [2.24, 2.45) is 0 Å². The van der Waals surface area contributed by atoms with Crippen molar-refractivity contribution in [3.63, 3.8) is 0 Å². The normalized spacial score (nSPS) is 18.6. The van der Waals surface area contributed by atoms with Crippen LogP contribution in [0.5, 0.6) is 0 Å². The van der Waals surface area contributed by atoms with Gasteiger partial charge in [0.25, 0.3) is 0 Å². The Hall–Kier alpha value is -3.46. The SMILES string of the molecule is Cc1nc(NCc2ccc3c(c2)ncn3C2CCCCO2)nc(N)c1-c1cc(C2CC2)[nH]n1. The van der Waals surface area contributed by atoms with Gasteiger partial charge in [0, 0.05) is 24.8 Å². The summed E-state index contributed by atoms with van der Waals surface area (Å²) in [5.41, 5.74) is 13.0. The number of rotatable bonds is 6. The lowest BCUT2D eigenvalue weighted by Gasteiger charge is -2.24. The van der Waals surface area contributed by atoms with Crippen LogP contribution in [0.4, 0.5) is 11.8 Å². The van der Waals surface area contributed by atoms with Crippen LogP contribution in [0.15, 0.2) is 30.6 Å². The van der Waals surface area contributed by atoms with Gasteiger partial charge >= 0.3 is 0 Å². The molecule has 3 aromatic heterocycles. The van der Waals surface area contributed by atoms with Crippen LogP contribution in [0.2, 0.25) is 0 Å². The molecule has 1 unspecified atom stereocenters. The van der Waals surface area contributed by atoms with Gasteiger partial charge in [0.2, 0.25) is 5.95 Å². The van der Waals surface area contributed by atoms with Crippen molar-refractivity contribution in [1.82, 2.24) is 29.7 Å². The molecule has 4 heterocycles. The third-order valence-electron chi connectivity index (χ3n) is 6.54. The van der Waals surface area contributed by atoms with Gasteiger partial charge in [0.15, 0.2) is 0 Å². The molecule has 1 aliphatic heterocycles. The fourth-order valence-corrected chi connectivity index (χ4v) is 4.60. The number of imidazole rings is 1. The zero-order valence-corrected chi connectivity index (χ0v) is 18.7. The molecule has 6 rings (SSSR count). The summed E-state index contributed by atoms with van der Waals surface area (Å²) in [6.45, 7) is 3.33. The van der Waals surface area contributed by atoms with Crippen LogP contribution >= 0.6 is 0 Å². The maximum Gasteiger partial charge on any atom is 0.225 e. The number of nitrogens with one attached hydrogen (secondary N) is 2. The number of H-pyrrole nitrogens is 1. The topological polar surface area (TPSA) is 120 Å². The van der Waals surface area contributed by atoms with E-state index in [1.807, 2.05) is 13.3 Å². The first-order valence-corrected chi connectivity index (χ1v) is 11.7. The van der Waals surface area contributed by atoms with E-state index in [9.17, 15) is 0 Å². The minimum absolute atomic E-state index is 0.0838. The molecule has 1 aliphatic carbocycles. The number of nitrogens with zero attached hydrogens (tertiary/aromatic N) is 5. The first-order chi connectivity index (χ1) is 16.2. The lowest BCUT2D eigenvalue weighted by Crippen LogP contribution is -2.17. The highest BCUT2D eigenvalue weighted by atomic mass is 16.5. The first kappa shape index (κ1) is 20.2. The number of aryl methyl sites for hydroxylation is 1. The van der Waals surface area contributed by atoms with Gasteiger partial charge in [-0.05, 0) is 62.8 Å². The second-order valence-electron chi connectivity index (χ2n) is 9.03. The van der Waals surface area contributed by atoms with E-state index < -0.39 is 0 Å². The molecule has 9 heteroatoms. The van der Waals surface area contributed by atoms with Gasteiger partial charge in [0.05, 0.1) is 34.3 Å². The number of ether oxygens (including phenoxy) is 1. The zero-order valence-electron chi connectivity index (χ0n) is 18.7. The molecule has 2 aliphatic rings. The molecule has 0 spiro atoms. The summed E-state index contributed by atoms with van der Waals surface area (Å²) in [7, 11) is 0. The largest absolute Gasteiger partial charge is 0.383 e. The number of aromatic nitrogens is 6. The number of anilines is 2. The van der Waals surface area contributed by atoms with Gasteiger partial charge in [-0.15, -0.1) is 0 Å².